The lowest BCUT2D eigenvalue weighted by Gasteiger charge is -2.25. The zero-order valence-corrected chi connectivity index (χ0v) is 18.9. The Hall–Kier alpha value is -0.890. The van der Waals surface area contributed by atoms with Crippen LogP contribution in [0.25, 0.3) is 0 Å². The minimum atomic E-state index is 0.619. The molecule has 0 bridgehead atoms. The fraction of sp³-hybridized carbons (Fsp3) is 0.783. The van der Waals surface area contributed by atoms with Crippen molar-refractivity contribution in [3.05, 3.63) is 30.1 Å². The first-order chi connectivity index (χ1) is 11.7. The van der Waals surface area contributed by atoms with Crippen molar-refractivity contribution >= 4 is 0 Å². The van der Waals surface area contributed by atoms with Crippen LogP contribution >= 0.6 is 0 Å². The van der Waals surface area contributed by atoms with Gasteiger partial charge in [0.05, 0.1) is 18.6 Å². The number of nitrogens with zero attached hydrogens (tertiary/aromatic N) is 1. The molecule has 1 heterocycles. The van der Waals surface area contributed by atoms with Gasteiger partial charge >= 0.3 is 0 Å². The summed E-state index contributed by atoms with van der Waals surface area (Å²) < 4.78 is 0. The van der Waals surface area contributed by atoms with Gasteiger partial charge in [-0.2, -0.15) is 0 Å². The molecule has 0 radical (unpaired) electrons. The highest BCUT2D eigenvalue weighted by atomic mass is 15.2. The third-order valence-corrected chi connectivity index (χ3v) is 5.00. The van der Waals surface area contributed by atoms with Gasteiger partial charge in [0.1, 0.15) is 0 Å². The van der Waals surface area contributed by atoms with E-state index in [1.807, 2.05) is 24.5 Å². The quantitative estimate of drug-likeness (QED) is 0.662. The Morgan fingerprint density at radius 2 is 1.16 bits per heavy atom. The Labute approximate surface area is 159 Å². The molecule has 1 N–H and O–H groups in total. The topological polar surface area (TPSA) is 17.3 Å². The third-order valence-electron chi connectivity index (χ3n) is 5.00. The highest BCUT2D eigenvalue weighted by molar-refractivity contribution is 5.13. The molecule has 2 heteroatoms. The van der Waals surface area contributed by atoms with E-state index in [2.05, 4.69) is 74.2 Å². The van der Waals surface area contributed by atoms with Gasteiger partial charge in [0, 0.05) is 12.4 Å². The molecular formula is C23H47N2+. The van der Waals surface area contributed by atoms with Crippen molar-refractivity contribution in [3.8, 4) is 0 Å². The normalized spacial score (nSPS) is 10.8. The van der Waals surface area contributed by atoms with Gasteiger partial charge in [-0.05, 0) is 64.2 Å². The van der Waals surface area contributed by atoms with Crippen LogP contribution < -0.4 is 4.90 Å². The fourth-order valence-electron chi connectivity index (χ4n) is 3.10. The van der Waals surface area contributed by atoms with Crippen molar-refractivity contribution < 1.29 is 4.90 Å². The zero-order valence-electron chi connectivity index (χ0n) is 18.9. The minimum Gasteiger partial charge on any atom is -0.331 e. The summed E-state index contributed by atoms with van der Waals surface area (Å²) in [6.45, 7) is 23.7. The molecule has 0 aliphatic heterocycles. The van der Waals surface area contributed by atoms with Gasteiger partial charge in [-0.1, -0.05) is 53.9 Å². The molecule has 1 aromatic rings. The molecule has 1 aromatic heterocycles. The second-order valence-corrected chi connectivity index (χ2v) is 7.76. The molecule has 0 saturated carbocycles. The third kappa shape index (κ3) is 14.0. The molecule has 0 spiro atoms. The molecule has 0 amide bonds. The van der Waals surface area contributed by atoms with E-state index in [1.165, 1.54) is 31.4 Å². The maximum atomic E-state index is 3.93. The van der Waals surface area contributed by atoms with Gasteiger partial charge in [0.15, 0.2) is 0 Å². The molecule has 0 aliphatic carbocycles. The van der Waals surface area contributed by atoms with Crippen molar-refractivity contribution in [3.63, 3.8) is 0 Å². The van der Waals surface area contributed by atoms with Gasteiger partial charge in [0.2, 0.25) is 0 Å². The standard InChI is InChI=1S/C8H11N.C8H19N.C7H16/c1-7(2)8-3-5-9-6-4-8;1-6-9(7(2)3)8(4)5;1-4-7(5-2)6-3/h3-7H,1-2H3;7-8H,6H2,1-5H3;7H,4-6H2,1-3H3/p+1. The summed E-state index contributed by atoms with van der Waals surface area (Å²) in [5.41, 5.74) is 1.35. The van der Waals surface area contributed by atoms with E-state index in [4.69, 9.17) is 0 Å². The highest BCUT2D eigenvalue weighted by Crippen LogP contribution is 2.11. The van der Waals surface area contributed by atoms with Crippen LogP contribution in [0.5, 0.6) is 0 Å². The van der Waals surface area contributed by atoms with E-state index in [-0.39, 0.29) is 0 Å². The number of nitrogens with one attached hydrogen (secondary N) is 1. The SMILES string of the molecule is CC(C)c1ccncc1.CCC(CC)CC.CC[NH+](C(C)C)C(C)C. The van der Waals surface area contributed by atoms with E-state index >= 15 is 0 Å². The number of pyridine rings is 1. The van der Waals surface area contributed by atoms with Crippen LogP contribution in [0.2, 0.25) is 0 Å². The van der Waals surface area contributed by atoms with E-state index in [1.54, 1.807) is 4.90 Å². The lowest BCUT2D eigenvalue weighted by molar-refractivity contribution is -0.940. The smallest absolute Gasteiger partial charge is 0.0819 e. The van der Waals surface area contributed by atoms with Crippen LogP contribution in [0.3, 0.4) is 0 Å². The number of rotatable bonds is 7. The molecule has 0 aromatic carbocycles. The Bertz CT molecular complexity index is 353. The average molecular weight is 352 g/mol. The summed E-state index contributed by atoms with van der Waals surface area (Å²) in [6, 6.07) is 5.64. The van der Waals surface area contributed by atoms with E-state index in [9.17, 15) is 0 Å². The lowest BCUT2D eigenvalue weighted by atomic mass is 10.0. The highest BCUT2D eigenvalue weighted by Gasteiger charge is 2.13. The predicted octanol–water partition coefficient (Wildman–Crippen LogP) is 5.75. The van der Waals surface area contributed by atoms with Crippen molar-refractivity contribution in [1.82, 2.24) is 4.98 Å². The minimum absolute atomic E-state index is 0.619. The monoisotopic (exact) mass is 351 g/mol. The molecule has 25 heavy (non-hydrogen) atoms. The maximum Gasteiger partial charge on any atom is 0.0819 e. The van der Waals surface area contributed by atoms with Gasteiger partial charge in [0.25, 0.3) is 0 Å². The maximum absolute atomic E-state index is 3.93. The van der Waals surface area contributed by atoms with Gasteiger partial charge < -0.3 is 4.90 Å². The number of aromatic nitrogens is 1. The molecule has 0 saturated heterocycles. The van der Waals surface area contributed by atoms with Crippen molar-refractivity contribution in [2.24, 2.45) is 5.92 Å². The zero-order chi connectivity index (χ0) is 19.8. The Morgan fingerprint density at radius 3 is 1.28 bits per heavy atom. The second-order valence-electron chi connectivity index (χ2n) is 7.76. The van der Waals surface area contributed by atoms with Crippen LogP contribution in [-0.2, 0) is 0 Å². The van der Waals surface area contributed by atoms with Crippen LogP contribution in [0.15, 0.2) is 24.5 Å². The Kier molecular flexibility index (Phi) is 17.5. The molecule has 0 aliphatic rings. The summed E-state index contributed by atoms with van der Waals surface area (Å²) in [7, 11) is 0. The first kappa shape index (κ1) is 26.3. The number of hydrogen-bond acceptors (Lipinski definition) is 1. The first-order valence-corrected chi connectivity index (χ1v) is 10.5. The molecule has 0 fully saturated rings. The summed E-state index contributed by atoms with van der Waals surface area (Å²) >= 11 is 0. The molecule has 0 unspecified atom stereocenters. The van der Waals surface area contributed by atoms with Gasteiger partial charge in [-0.3, -0.25) is 4.98 Å². The van der Waals surface area contributed by atoms with Crippen LogP contribution in [0, 0.1) is 5.92 Å². The Morgan fingerprint density at radius 1 is 0.760 bits per heavy atom. The van der Waals surface area contributed by atoms with Crippen LogP contribution in [0.4, 0.5) is 0 Å². The summed E-state index contributed by atoms with van der Waals surface area (Å²) in [5.74, 6) is 1.60. The Balaban J connectivity index is 0. The molecular weight excluding hydrogens is 304 g/mol. The number of hydrogen-bond donors (Lipinski definition) is 1. The summed E-state index contributed by atoms with van der Waals surface area (Å²) in [4.78, 5) is 5.62. The van der Waals surface area contributed by atoms with Gasteiger partial charge in [-0.25, -0.2) is 0 Å². The summed E-state index contributed by atoms with van der Waals surface area (Å²) in [6.07, 6.45) is 7.72. The molecule has 2 nitrogen and oxygen atoms in total. The van der Waals surface area contributed by atoms with Crippen molar-refractivity contribution in [2.75, 3.05) is 6.54 Å². The average Bonchev–Trinajstić information content (AvgIpc) is 2.58. The fourth-order valence-corrected chi connectivity index (χ4v) is 3.10. The van der Waals surface area contributed by atoms with Crippen molar-refractivity contribution in [2.45, 2.75) is 107 Å². The van der Waals surface area contributed by atoms with Gasteiger partial charge in [-0.15, -0.1) is 0 Å². The molecule has 148 valence electrons. The lowest BCUT2D eigenvalue weighted by Crippen LogP contribution is -3.17. The van der Waals surface area contributed by atoms with Crippen LogP contribution in [-0.4, -0.2) is 23.6 Å². The number of quaternary nitrogens is 1. The molecule has 1 rings (SSSR count). The largest absolute Gasteiger partial charge is 0.331 e. The summed E-state index contributed by atoms with van der Waals surface area (Å²) in [5, 5.41) is 0. The predicted molar refractivity (Wildman–Crippen MR) is 114 cm³/mol. The van der Waals surface area contributed by atoms with Crippen LogP contribution in [0.1, 0.15) is 100.0 Å². The molecule has 0 atom stereocenters. The van der Waals surface area contributed by atoms with E-state index in [0.717, 1.165) is 18.0 Å². The van der Waals surface area contributed by atoms with Crippen molar-refractivity contribution in [1.29, 1.82) is 0 Å². The second kappa shape index (κ2) is 16.6. The first-order valence-electron chi connectivity index (χ1n) is 10.5. The van der Waals surface area contributed by atoms with E-state index in [0.29, 0.717) is 5.92 Å². The van der Waals surface area contributed by atoms with E-state index < -0.39 is 0 Å².